The van der Waals surface area contributed by atoms with Gasteiger partial charge in [0.25, 0.3) is 0 Å². The number of ether oxygens (including phenoxy) is 1. The van der Waals surface area contributed by atoms with Crippen LogP contribution in [0.4, 0.5) is 8.78 Å². The van der Waals surface area contributed by atoms with Gasteiger partial charge < -0.3 is 15.4 Å². The Morgan fingerprint density at radius 3 is 2.19 bits per heavy atom. The van der Waals surface area contributed by atoms with Crippen LogP contribution in [0, 0.1) is 11.8 Å². The standard InChI is InChI=1S/C19H28F2N2O3/c1-12(2)11-16(24)23-17(13(3)4)18(25)22-10-9-14-5-7-15(8-6-14)26-19(20)21/h5-8,12-13,17,19H,9-11H2,1-4H3,(H,22,25)(H,23,24). The number of hydrogen-bond donors (Lipinski definition) is 2. The molecule has 0 aliphatic carbocycles. The van der Waals surface area contributed by atoms with Gasteiger partial charge in [-0.15, -0.1) is 0 Å². The molecule has 0 saturated heterocycles. The number of rotatable bonds is 10. The van der Waals surface area contributed by atoms with Crippen molar-refractivity contribution in [1.82, 2.24) is 10.6 Å². The third-order valence-corrected chi connectivity index (χ3v) is 3.72. The normalized spacial score (nSPS) is 12.3. The Morgan fingerprint density at radius 2 is 1.69 bits per heavy atom. The Bertz CT molecular complexity index is 575. The van der Waals surface area contributed by atoms with Crippen LogP contribution in [0.2, 0.25) is 0 Å². The van der Waals surface area contributed by atoms with Gasteiger partial charge in [0.15, 0.2) is 0 Å². The Kier molecular flexibility index (Phi) is 9.02. The van der Waals surface area contributed by atoms with E-state index in [1.54, 1.807) is 12.1 Å². The van der Waals surface area contributed by atoms with Crippen molar-refractivity contribution in [3.63, 3.8) is 0 Å². The van der Waals surface area contributed by atoms with Gasteiger partial charge in [-0.05, 0) is 36.0 Å². The number of halogens is 2. The van der Waals surface area contributed by atoms with Crippen LogP contribution in [0.15, 0.2) is 24.3 Å². The van der Waals surface area contributed by atoms with Gasteiger partial charge in [0.05, 0.1) is 0 Å². The minimum atomic E-state index is -2.85. The van der Waals surface area contributed by atoms with Crippen LogP contribution in [0.5, 0.6) is 5.75 Å². The highest BCUT2D eigenvalue weighted by molar-refractivity contribution is 5.87. The van der Waals surface area contributed by atoms with E-state index in [4.69, 9.17) is 0 Å². The zero-order valence-corrected chi connectivity index (χ0v) is 15.7. The number of carbonyl (C=O) groups is 2. The summed E-state index contributed by atoms with van der Waals surface area (Å²) in [6.45, 7) is 5.18. The molecule has 0 bridgehead atoms. The second kappa shape index (κ2) is 10.7. The number of alkyl halides is 2. The zero-order chi connectivity index (χ0) is 19.7. The van der Waals surface area contributed by atoms with Gasteiger partial charge in [0, 0.05) is 13.0 Å². The summed E-state index contributed by atoms with van der Waals surface area (Å²) in [5.74, 6) is -0.0708. The van der Waals surface area contributed by atoms with Crippen LogP contribution in [0.1, 0.15) is 39.7 Å². The number of hydrogen-bond acceptors (Lipinski definition) is 3. The topological polar surface area (TPSA) is 67.4 Å². The van der Waals surface area contributed by atoms with Crippen LogP contribution in [-0.2, 0) is 16.0 Å². The lowest BCUT2D eigenvalue weighted by Gasteiger charge is -2.22. The predicted octanol–water partition coefficient (Wildman–Crippen LogP) is 3.13. The molecule has 0 spiro atoms. The number of amides is 2. The average Bonchev–Trinajstić information content (AvgIpc) is 2.52. The predicted molar refractivity (Wildman–Crippen MR) is 96.0 cm³/mol. The monoisotopic (exact) mass is 370 g/mol. The smallest absolute Gasteiger partial charge is 0.387 e. The number of benzene rings is 1. The Balaban J connectivity index is 2.48. The maximum Gasteiger partial charge on any atom is 0.387 e. The molecule has 1 rings (SSSR count). The van der Waals surface area contributed by atoms with Crippen molar-refractivity contribution in [3.8, 4) is 5.75 Å². The molecule has 1 atom stereocenters. The molecule has 0 aliphatic heterocycles. The first kappa shape index (κ1) is 21.9. The van der Waals surface area contributed by atoms with Crippen molar-refractivity contribution < 1.29 is 23.1 Å². The third-order valence-electron chi connectivity index (χ3n) is 3.72. The molecule has 0 saturated carbocycles. The van der Waals surface area contributed by atoms with Crippen molar-refractivity contribution in [2.75, 3.05) is 6.54 Å². The molecule has 0 aromatic heterocycles. The number of carbonyl (C=O) groups excluding carboxylic acids is 2. The first-order chi connectivity index (χ1) is 12.2. The Morgan fingerprint density at radius 1 is 1.08 bits per heavy atom. The first-order valence-electron chi connectivity index (χ1n) is 8.79. The minimum absolute atomic E-state index is 0.0307. The fourth-order valence-electron chi connectivity index (χ4n) is 2.42. The molecule has 2 N–H and O–H groups in total. The summed E-state index contributed by atoms with van der Waals surface area (Å²) in [6.07, 6.45) is 0.926. The average molecular weight is 370 g/mol. The van der Waals surface area contributed by atoms with Gasteiger partial charge in [0.1, 0.15) is 11.8 Å². The summed E-state index contributed by atoms with van der Waals surface area (Å²) in [5, 5.41) is 5.60. The van der Waals surface area contributed by atoms with E-state index in [2.05, 4.69) is 15.4 Å². The Hall–Kier alpha value is -2.18. The maximum absolute atomic E-state index is 12.3. The summed E-state index contributed by atoms with van der Waals surface area (Å²) in [7, 11) is 0. The summed E-state index contributed by atoms with van der Waals surface area (Å²) in [4.78, 5) is 24.3. The van der Waals surface area contributed by atoms with Crippen molar-refractivity contribution in [2.24, 2.45) is 11.8 Å². The highest BCUT2D eigenvalue weighted by Crippen LogP contribution is 2.15. The molecule has 0 heterocycles. The highest BCUT2D eigenvalue weighted by Gasteiger charge is 2.23. The fourth-order valence-corrected chi connectivity index (χ4v) is 2.42. The third kappa shape index (κ3) is 8.27. The van der Waals surface area contributed by atoms with E-state index in [-0.39, 0.29) is 29.4 Å². The maximum atomic E-state index is 12.3. The van der Waals surface area contributed by atoms with E-state index in [0.717, 1.165) is 5.56 Å². The van der Waals surface area contributed by atoms with E-state index in [1.165, 1.54) is 12.1 Å². The molecule has 5 nitrogen and oxygen atoms in total. The van der Waals surface area contributed by atoms with Gasteiger partial charge in [0.2, 0.25) is 11.8 Å². The zero-order valence-electron chi connectivity index (χ0n) is 15.7. The van der Waals surface area contributed by atoms with Crippen LogP contribution >= 0.6 is 0 Å². The molecule has 1 aromatic carbocycles. The molecular formula is C19H28F2N2O3. The highest BCUT2D eigenvalue weighted by atomic mass is 19.3. The summed E-state index contributed by atoms with van der Waals surface area (Å²) >= 11 is 0. The second-order valence-electron chi connectivity index (χ2n) is 6.95. The molecule has 7 heteroatoms. The molecule has 26 heavy (non-hydrogen) atoms. The van der Waals surface area contributed by atoms with E-state index < -0.39 is 12.7 Å². The lowest BCUT2D eigenvalue weighted by Crippen LogP contribution is -2.50. The van der Waals surface area contributed by atoms with Gasteiger partial charge in [-0.1, -0.05) is 39.8 Å². The largest absolute Gasteiger partial charge is 0.435 e. The SMILES string of the molecule is CC(C)CC(=O)NC(C(=O)NCCc1ccc(OC(F)F)cc1)C(C)C. The molecule has 0 fully saturated rings. The summed E-state index contributed by atoms with van der Waals surface area (Å²) in [5.41, 5.74) is 0.886. The molecule has 0 aliphatic rings. The Labute approximate surface area is 153 Å². The van der Waals surface area contributed by atoms with Crippen molar-refractivity contribution in [3.05, 3.63) is 29.8 Å². The van der Waals surface area contributed by atoms with E-state index >= 15 is 0 Å². The van der Waals surface area contributed by atoms with Gasteiger partial charge in [-0.3, -0.25) is 9.59 Å². The lowest BCUT2D eigenvalue weighted by atomic mass is 10.0. The van der Waals surface area contributed by atoms with E-state index in [1.807, 2.05) is 27.7 Å². The molecule has 2 amide bonds. The quantitative estimate of drug-likeness (QED) is 0.665. The summed E-state index contributed by atoms with van der Waals surface area (Å²) in [6, 6.07) is 5.70. The van der Waals surface area contributed by atoms with Crippen LogP contribution < -0.4 is 15.4 Å². The minimum Gasteiger partial charge on any atom is -0.435 e. The van der Waals surface area contributed by atoms with Crippen LogP contribution in [0.3, 0.4) is 0 Å². The van der Waals surface area contributed by atoms with Crippen LogP contribution in [-0.4, -0.2) is 31.0 Å². The van der Waals surface area contributed by atoms with Crippen molar-refractivity contribution in [1.29, 1.82) is 0 Å². The first-order valence-corrected chi connectivity index (χ1v) is 8.79. The second-order valence-corrected chi connectivity index (χ2v) is 6.95. The molecule has 1 unspecified atom stereocenters. The van der Waals surface area contributed by atoms with Gasteiger partial charge >= 0.3 is 6.61 Å². The fraction of sp³-hybridized carbons (Fsp3) is 0.579. The molecule has 146 valence electrons. The van der Waals surface area contributed by atoms with E-state index in [0.29, 0.717) is 19.4 Å². The van der Waals surface area contributed by atoms with E-state index in [9.17, 15) is 18.4 Å². The van der Waals surface area contributed by atoms with Gasteiger partial charge in [-0.25, -0.2) is 0 Å². The molecule has 1 aromatic rings. The van der Waals surface area contributed by atoms with Gasteiger partial charge in [-0.2, -0.15) is 8.78 Å². The molecule has 0 radical (unpaired) electrons. The lowest BCUT2D eigenvalue weighted by molar-refractivity contribution is -0.130. The molecular weight excluding hydrogens is 342 g/mol. The summed E-state index contributed by atoms with van der Waals surface area (Å²) < 4.78 is 28.5. The van der Waals surface area contributed by atoms with Crippen LogP contribution in [0.25, 0.3) is 0 Å². The van der Waals surface area contributed by atoms with Crippen molar-refractivity contribution >= 4 is 11.8 Å². The van der Waals surface area contributed by atoms with Crippen molar-refractivity contribution in [2.45, 2.75) is 53.2 Å². The number of nitrogens with one attached hydrogen (secondary N) is 2.